The van der Waals surface area contributed by atoms with Gasteiger partial charge in [0.2, 0.25) is 5.91 Å². The minimum atomic E-state index is -1.15. The van der Waals surface area contributed by atoms with Gasteiger partial charge in [-0.3, -0.25) is 9.59 Å². The third-order valence-corrected chi connectivity index (χ3v) is 7.93. The molecule has 10 heteroatoms. The number of benzene rings is 1. The first-order chi connectivity index (χ1) is 19.3. The maximum Gasteiger partial charge on any atom is 0.252 e. The first kappa shape index (κ1) is 33.4. The van der Waals surface area contributed by atoms with Gasteiger partial charge in [-0.15, -0.1) is 0 Å². The van der Waals surface area contributed by atoms with Crippen molar-refractivity contribution in [3.63, 3.8) is 0 Å². The molecule has 2 amide bonds. The van der Waals surface area contributed by atoms with E-state index in [9.17, 15) is 14.7 Å². The highest BCUT2D eigenvalue weighted by Crippen LogP contribution is 2.31. The lowest BCUT2D eigenvalue weighted by molar-refractivity contribution is -0.334. The largest absolute Gasteiger partial charge is 0.494 e. The molecule has 2 heterocycles. The number of allylic oxidation sites excluding steroid dienone is 1. The van der Waals surface area contributed by atoms with E-state index in [0.29, 0.717) is 25.4 Å². The Hall–Kier alpha value is -2.11. The van der Waals surface area contributed by atoms with Crippen molar-refractivity contribution in [3.05, 3.63) is 42.0 Å². The Kier molecular flexibility index (Phi) is 12.1. The summed E-state index contributed by atoms with van der Waals surface area (Å²) in [7, 11) is 1.40. The normalized spacial score (nSPS) is 26.0. The number of amides is 2. The van der Waals surface area contributed by atoms with Crippen LogP contribution in [-0.4, -0.2) is 89.8 Å². The van der Waals surface area contributed by atoms with Gasteiger partial charge in [-0.05, 0) is 43.4 Å². The zero-order chi connectivity index (χ0) is 30.2. The van der Waals surface area contributed by atoms with Gasteiger partial charge < -0.3 is 34.3 Å². The predicted octanol–water partition coefficient (Wildman–Crippen LogP) is 3.92. The SMILES string of the molecule is CCCCOc1ccc(CN2CCSCC(NC(=O)[C@H](OC)[C@@H]3OC(C)(C)O[C@H](C=CC(C)(C)C)[C@@H]3O)C2=O)cc1. The quantitative estimate of drug-likeness (QED) is 0.294. The monoisotopic (exact) mass is 592 g/mol. The number of aliphatic hydroxyl groups is 1. The average Bonchev–Trinajstić information content (AvgIpc) is 3.07. The molecule has 0 spiro atoms. The number of unbranched alkanes of at least 4 members (excludes halogenated alkanes) is 1. The molecule has 9 nitrogen and oxygen atoms in total. The number of methoxy groups -OCH3 is 1. The molecule has 5 atom stereocenters. The number of rotatable bonds is 11. The number of nitrogens with zero attached hydrogens (tertiary/aromatic N) is 1. The fourth-order valence-corrected chi connectivity index (χ4v) is 5.69. The van der Waals surface area contributed by atoms with Crippen molar-refractivity contribution < 1.29 is 33.6 Å². The molecule has 0 aliphatic carbocycles. The fraction of sp³-hybridized carbons (Fsp3) is 0.677. The van der Waals surface area contributed by atoms with Gasteiger partial charge in [0.1, 0.15) is 30.1 Å². The zero-order valence-corrected chi connectivity index (χ0v) is 26.4. The molecule has 2 aliphatic rings. The van der Waals surface area contributed by atoms with Crippen LogP contribution < -0.4 is 10.1 Å². The minimum absolute atomic E-state index is 0.118. The van der Waals surface area contributed by atoms with Crippen LogP contribution in [0.15, 0.2) is 36.4 Å². The predicted molar refractivity (Wildman–Crippen MR) is 161 cm³/mol. The van der Waals surface area contributed by atoms with Crippen molar-refractivity contribution in [3.8, 4) is 5.75 Å². The van der Waals surface area contributed by atoms with Crippen molar-refractivity contribution in [1.29, 1.82) is 0 Å². The number of carbonyl (C=O) groups excluding carboxylic acids is 2. The molecule has 0 saturated carbocycles. The van der Waals surface area contributed by atoms with E-state index in [1.54, 1.807) is 36.6 Å². The Balaban J connectivity index is 1.68. The van der Waals surface area contributed by atoms with E-state index < -0.39 is 42.2 Å². The van der Waals surface area contributed by atoms with Crippen LogP contribution in [0.1, 0.15) is 59.9 Å². The molecular weight excluding hydrogens is 544 g/mol. The van der Waals surface area contributed by atoms with Crippen LogP contribution in [-0.2, 0) is 30.3 Å². The standard InChI is InChI=1S/C31H48N2O7S/c1-8-9-17-38-22-12-10-21(11-13-22)19-33-16-18-41-20-23(29(33)36)32-28(35)27(37-7)26-25(34)24(14-15-30(2,3)4)39-31(5,6)40-26/h10-15,23-27,34H,8-9,16-20H2,1-7H3,(H,32,35)/t23?,24-,25+,26-,27-/m1/s1. The molecule has 3 rings (SSSR count). The van der Waals surface area contributed by atoms with Crippen molar-refractivity contribution in [2.45, 2.75) is 97.2 Å². The van der Waals surface area contributed by atoms with Gasteiger partial charge in [0.15, 0.2) is 11.9 Å². The van der Waals surface area contributed by atoms with E-state index in [-0.39, 0.29) is 11.3 Å². The molecule has 0 bridgehead atoms. The molecule has 0 radical (unpaired) electrons. The van der Waals surface area contributed by atoms with E-state index >= 15 is 0 Å². The summed E-state index contributed by atoms with van der Waals surface area (Å²) >= 11 is 1.61. The van der Waals surface area contributed by atoms with Crippen LogP contribution in [0.2, 0.25) is 0 Å². The first-order valence-corrected chi connectivity index (χ1v) is 15.6. The molecule has 41 heavy (non-hydrogen) atoms. The first-order valence-electron chi connectivity index (χ1n) is 14.5. The maximum atomic E-state index is 13.5. The Morgan fingerprint density at radius 2 is 1.98 bits per heavy atom. The fourth-order valence-electron chi connectivity index (χ4n) is 4.72. The van der Waals surface area contributed by atoms with Gasteiger partial charge in [0, 0.05) is 31.7 Å². The van der Waals surface area contributed by atoms with Gasteiger partial charge in [0.05, 0.1) is 6.61 Å². The van der Waals surface area contributed by atoms with Crippen molar-refractivity contribution in [2.75, 3.05) is 31.8 Å². The smallest absolute Gasteiger partial charge is 0.252 e. The average molecular weight is 593 g/mol. The van der Waals surface area contributed by atoms with Gasteiger partial charge in [0.25, 0.3) is 5.91 Å². The van der Waals surface area contributed by atoms with E-state index in [4.69, 9.17) is 18.9 Å². The second kappa shape index (κ2) is 14.9. The topological polar surface area (TPSA) is 107 Å². The molecule has 2 aliphatic heterocycles. The summed E-state index contributed by atoms with van der Waals surface area (Å²) in [6.45, 7) is 13.4. The summed E-state index contributed by atoms with van der Waals surface area (Å²) in [6.07, 6.45) is 1.86. The van der Waals surface area contributed by atoms with E-state index in [2.05, 4.69) is 12.2 Å². The maximum absolute atomic E-state index is 13.5. The summed E-state index contributed by atoms with van der Waals surface area (Å²) in [5, 5.41) is 14.0. The molecule has 2 N–H and O–H groups in total. The van der Waals surface area contributed by atoms with Crippen molar-refractivity contribution in [1.82, 2.24) is 10.2 Å². The highest BCUT2D eigenvalue weighted by atomic mass is 32.2. The second-order valence-corrected chi connectivity index (χ2v) is 13.3. The highest BCUT2D eigenvalue weighted by Gasteiger charge is 2.48. The van der Waals surface area contributed by atoms with E-state index in [1.165, 1.54) is 7.11 Å². The van der Waals surface area contributed by atoms with Crippen molar-refractivity contribution in [2.24, 2.45) is 5.41 Å². The molecule has 1 aromatic rings. The lowest BCUT2D eigenvalue weighted by Gasteiger charge is -2.45. The molecule has 0 aromatic heterocycles. The summed E-state index contributed by atoms with van der Waals surface area (Å²) in [5.41, 5.74) is 0.871. The molecule has 2 fully saturated rings. The molecule has 2 saturated heterocycles. The van der Waals surface area contributed by atoms with Crippen LogP contribution in [0.25, 0.3) is 0 Å². The van der Waals surface area contributed by atoms with Gasteiger partial charge >= 0.3 is 0 Å². The lowest BCUT2D eigenvalue weighted by atomic mass is 9.93. The number of nitrogens with one attached hydrogen (secondary N) is 1. The number of carbonyl (C=O) groups is 2. The number of thioether (sulfide) groups is 1. The van der Waals surface area contributed by atoms with Crippen LogP contribution in [0, 0.1) is 5.41 Å². The van der Waals surface area contributed by atoms with Crippen LogP contribution in [0.3, 0.4) is 0 Å². The van der Waals surface area contributed by atoms with Crippen LogP contribution in [0.4, 0.5) is 0 Å². The second-order valence-electron chi connectivity index (χ2n) is 12.2. The third-order valence-electron chi connectivity index (χ3n) is 6.89. The third kappa shape index (κ3) is 9.99. The molecular formula is C31H48N2O7S. The number of hydrogen-bond acceptors (Lipinski definition) is 8. The summed E-state index contributed by atoms with van der Waals surface area (Å²) in [5.74, 6) is 0.300. The number of hydrogen-bond donors (Lipinski definition) is 2. The molecule has 230 valence electrons. The highest BCUT2D eigenvalue weighted by molar-refractivity contribution is 7.99. The van der Waals surface area contributed by atoms with Gasteiger partial charge in [-0.1, -0.05) is 58.4 Å². The van der Waals surface area contributed by atoms with E-state index in [1.807, 2.05) is 51.1 Å². The minimum Gasteiger partial charge on any atom is -0.494 e. The van der Waals surface area contributed by atoms with E-state index in [0.717, 1.165) is 29.9 Å². The lowest BCUT2D eigenvalue weighted by Crippen LogP contribution is -2.62. The number of ether oxygens (including phenoxy) is 4. The molecule has 1 aromatic carbocycles. The Labute approximate surface area is 249 Å². The Morgan fingerprint density at radius 1 is 1.27 bits per heavy atom. The van der Waals surface area contributed by atoms with Crippen LogP contribution >= 0.6 is 11.8 Å². The zero-order valence-electron chi connectivity index (χ0n) is 25.6. The molecule has 1 unspecified atom stereocenters. The summed E-state index contributed by atoms with van der Waals surface area (Å²) < 4.78 is 23.3. The Morgan fingerprint density at radius 3 is 2.61 bits per heavy atom. The van der Waals surface area contributed by atoms with Crippen molar-refractivity contribution >= 4 is 23.6 Å². The number of aliphatic hydroxyl groups excluding tert-OH is 1. The van der Waals surface area contributed by atoms with Gasteiger partial charge in [-0.2, -0.15) is 11.8 Å². The van der Waals surface area contributed by atoms with Gasteiger partial charge in [-0.25, -0.2) is 0 Å². The summed E-state index contributed by atoms with van der Waals surface area (Å²) in [6, 6.07) is 7.06. The van der Waals surface area contributed by atoms with Crippen LogP contribution in [0.5, 0.6) is 5.75 Å². The Bertz CT molecular complexity index is 1020. The summed E-state index contributed by atoms with van der Waals surface area (Å²) in [4.78, 5) is 28.8.